The summed E-state index contributed by atoms with van der Waals surface area (Å²) in [7, 11) is 6.26. The van der Waals surface area contributed by atoms with Crippen molar-refractivity contribution in [2.45, 2.75) is 31.8 Å². The van der Waals surface area contributed by atoms with Crippen molar-refractivity contribution in [3.63, 3.8) is 0 Å². The van der Waals surface area contributed by atoms with Crippen LogP contribution >= 0.6 is 0 Å². The lowest BCUT2D eigenvalue weighted by Gasteiger charge is -2.29. The van der Waals surface area contributed by atoms with E-state index in [0.29, 0.717) is 12.1 Å². The van der Waals surface area contributed by atoms with E-state index in [2.05, 4.69) is 53.3 Å². The van der Waals surface area contributed by atoms with Gasteiger partial charge in [0.15, 0.2) is 0 Å². The zero-order valence-electron chi connectivity index (χ0n) is 12.6. The van der Waals surface area contributed by atoms with Crippen LogP contribution in [0.4, 0.5) is 5.69 Å². The molecule has 1 aromatic heterocycles. The minimum absolute atomic E-state index is 0.310. The van der Waals surface area contributed by atoms with Crippen LogP contribution in [0.15, 0.2) is 18.3 Å². The SMILES string of the molecule is CNC(C)c1ccc(N2CCCC2CN(C)C)cn1. The molecule has 1 aliphatic rings. The first-order chi connectivity index (χ1) is 9.11. The zero-order valence-corrected chi connectivity index (χ0v) is 12.6. The fraction of sp³-hybridized carbons (Fsp3) is 0.667. The molecule has 0 bridgehead atoms. The topological polar surface area (TPSA) is 31.4 Å². The summed E-state index contributed by atoms with van der Waals surface area (Å²) in [6, 6.07) is 5.29. The first kappa shape index (κ1) is 14.3. The minimum atomic E-state index is 0.310. The van der Waals surface area contributed by atoms with Gasteiger partial charge < -0.3 is 15.1 Å². The predicted octanol–water partition coefficient (Wildman–Crippen LogP) is 1.89. The molecule has 1 aliphatic heterocycles. The number of rotatable bonds is 5. The van der Waals surface area contributed by atoms with Gasteiger partial charge in [0.1, 0.15) is 0 Å². The predicted molar refractivity (Wildman–Crippen MR) is 80.6 cm³/mol. The number of nitrogens with zero attached hydrogens (tertiary/aromatic N) is 3. The molecule has 1 N–H and O–H groups in total. The third kappa shape index (κ3) is 3.45. The molecule has 0 radical (unpaired) electrons. The molecule has 2 rings (SSSR count). The number of aromatic nitrogens is 1. The summed E-state index contributed by atoms with van der Waals surface area (Å²) in [6.45, 7) is 4.41. The lowest BCUT2D eigenvalue weighted by Crippen LogP contribution is -2.37. The Kier molecular flexibility index (Phi) is 4.77. The lowest BCUT2D eigenvalue weighted by atomic mass is 10.2. The van der Waals surface area contributed by atoms with Gasteiger partial charge in [-0.1, -0.05) is 0 Å². The number of nitrogens with one attached hydrogen (secondary N) is 1. The molecular formula is C15H26N4. The first-order valence-corrected chi connectivity index (χ1v) is 7.16. The highest BCUT2D eigenvalue weighted by Gasteiger charge is 2.25. The second-order valence-corrected chi connectivity index (χ2v) is 5.70. The summed E-state index contributed by atoms with van der Waals surface area (Å²) in [5.41, 5.74) is 2.37. The molecule has 1 saturated heterocycles. The summed E-state index contributed by atoms with van der Waals surface area (Å²) >= 11 is 0. The van der Waals surface area contributed by atoms with Crippen molar-refractivity contribution < 1.29 is 0 Å². The molecule has 1 aromatic rings. The Bertz CT molecular complexity index is 388. The molecule has 2 unspecified atom stereocenters. The highest BCUT2D eigenvalue weighted by molar-refractivity contribution is 5.47. The second-order valence-electron chi connectivity index (χ2n) is 5.70. The Morgan fingerprint density at radius 2 is 2.26 bits per heavy atom. The summed E-state index contributed by atoms with van der Waals surface area (Å²) < 4.78 is 0. The van der Waals surface area contributed by atoms with Crippen molar-refractivity contribution in [3.8, 4) is 0 Å². The number of pyridine rings is 1. The van der Waals surface area contributed by atoms with Crippen LogP contribution in [0.25, 0.3) is 0 Å². The van der Waals surface area contributed by atoms with Gasteiger partial charge in [0.2, 0.25) is 0 Å². The Hall–Kier alpha value is -1.13. The standard InChI is InChI=1S/C15H26N4/c1-12(16-2)15-8-7-13(10-17-15)19-9-5-6-14(19)11-18(3)4/h7-8,10,12,14,16H,5-6,9,11H2,1-4H3. The minimum Gasteiger partial charge on any atom is -0.366 e. The molecule has 0 saturated carbocycles. The molecule has 106 valence electrons. The number of anilines is 1. The van der Waals surface area contributed by atoms with E-state index in [4.69, 9.17) is 0 Å². The molecule has 0 aromatic carbocycles. The van der Waals surface area contributed by atoms with Crippen LogP contribution in [-0.2, 0) is 0 Å². The average molecular weight is 262 g/mol. The molecule has 2 heterocycles. The smallest absolute Gasteiger partial charge is 0.0571 e. The highest BCUT2D eigenvalue weighted by Crippen LogP contribution is 2.26. The third-order valence-electron chi connectivity index (χ3n) is 3.93. The number of hydrogen-bond donors (Lipinski definition) is 1. The van der Waals surface area contributed by atoms with Crippen molar-refractivity contribution in [2.75, 3.05) is 39.1 Å². The Balaban J connectivity index is 2.08. The fourth-order valence-corrected chi connectivity index (χ4v) is 2.76. The van der Waals surface area contributed by atoms with Gasteiger partial charge in [-0.15, -0.1) is 0 Å². The van der Waals surface area contributed by atoms with E-state index in [-0.39, 0.29) is 0 Å². The van der Waals surface area contributed by atoms with Crippen molar-refractivity contribution in [3.05, 3.63) is 24.0 Å². The summed E-state index contributed by atoms with van der Waals surface area (Å²) in [4.78, 5) is 9.36. The average Bonchev–Trinajstić information content (AvgIpc) is 2.85. The molecule has 0 aliphatic carbocycles. The Morgan fingerprint density at radius 3 is 2.84 bits per heavy atom. The van der Waals surface area contributed by atoms with E-state index in [0.717, 1.165) is 18.8 Å². The Morgan fingerprint density at radius 1 is 1.47 bits per heavy atom. The van der Waals surface area contributed by atoms with Crippen LogP contribution in [0.1, 0.15) is 31.5 Å². The van der Waals surface area contributed by atoms with Crippen LogP contribution in [0.3, 0.4) is 0 Å². The molecule has 4 nitrogen and oxygen atoms in total. The van der Waals surface area contributed by atoms with Crippen molar-refractivity contribution >= 4 is 5.69 Å². The molecule has 1 fully saturated rings. The van der Waals surface area contributed by atoms with Gasteiger partial charge in [0.05, 0.1) is 17.6 Å². The number of hydrogen-bond acceptors (Lipinski definition) is 4. The normalized spacial score (nSPS) is 21.1. The molecule has 0 amide bonds. The molecule has 19 heavy (non-hydrogen) atoms. The maximum absolute atomic E-state index is 4.59. The molecule has 4 heteroatoms. The van der Waals surface area contributed by atoms with Gasteiger partial charge in [-0.25, -0.2) is 0 Å². The van der Waals surface area contributed by atoms with Crippen LogP contribution in [0.5, 0.6) is 0 Å². The molecular weight excluding hydrogens is 236 g/mol. The van der Waals surface area contributed by atoms with Gasteiger partial charge >= 0.3 is 0 Å². The van der Waals surface area contributed by atoms with E-state index in [1.807, 2.05) is 13.2 Å². The molecule has 0 spiro atoms. The maximum atomic E-state index is 4.59. The van der Waals surface area contributed by atoms with E-state index < -0.39 is 0 Å². The molecule has 2 atom stereocenters. The van der Waals surface area contributed by atoms with Gasteiger partial charge in [-0.05, 0) is 53.0 Å². The number of likely N-dealkylation sites (N-methyl/N-ethyl adjacent to an activating group) is 1. The van der Waals surface area contributed by atoms with Gasteiger partial charge in [0, 0.05) is 25.2 Å². The largest absolute Gasteiger partial charge is 0.366 e. The van der Waals surface area contributed by atoms with E-state index in [9.17, 15) is 0 Å². The van der Waals surface area contributed by atoms with Gasteiger partial charge in [-0.2, -0.15) is 0 Å². The summed E-state index contributed by atoms with van der Waals surface area (Å²) in [5.74, 6) is 0. The van der Waals surface area contributed by atoms with Gasteiger partial charge in [0.25, 0.3) is 0 Å². The second kappa shape index (κ2) is 6.35. The van der Waals surface area contributed by atoms with Crippen LogP contribution in [0, 0.1) is 0 Å². The lowest BCUT2D eigenvalue weighted by molar-refractivity contribution is 0.372. The van der Waals surface area contributed by atoms with Crippen molar-refractivity contribution in [1.29, 1.82) is 0 Å². The zero-order chi connectivity index (χ0) is 13.8. The van der Waals surface area contributed by atoms with E-state index in [1.54, 1.807) is 0 Å². The maximum Gasteiger partial charge on any atom is 0.0571 e. The van der Waals surface area contributed by atoms with Crippen molar-refractivity contribution in [2.24, 2.45) is 0 Å². The fourth-order valence-electron chi connectivity index (χ4n) is 2.76. The van der Waals surface area contributed by atoms with Crippen LogP contribution < -0.4 is 10.2 Å². The summed E-state index contributed by atoms with van der Waals surface area (Å²) in [6.07, 6.45) is 4.59. The first-order valence-electron chi connectivity index (χ1n) is 7.16. The Labute approximate surface area is 116 Å². The van der Waals surface area contributed by atoms with Crippen molar-refractivity contribution in [1.82, 2.24) is 15.2 Å². The highest BCUT2D eigenvalue weighted by atomic mass is 15.2. The van der Waals surface area contributed by atoms with Crippen LogP contribution in [0.2, 0.25) is 0 Å². The third-order valence-corrected chi connectivity index (χ3v) is 3.93. The van der Waals surface area contributed by atoms with Gasteiger partial charge in [-0.3, -0.25) is 4.98 Å². The monoisotopic (exact) mass is 262 g/mol. The van der Waals surface area contributed by atoms with Crippen LogP contribution in [-0.4, -0.2) is 50.2 Å². The quantitative estimate of drug-likeness (QED) is 0.878. The summed E-state index contributed by atoms with van der Waals surface area (Å²) in [5, 5.41) is 3.22. The van der Waals surface area contributed by atoms with E-state index in [1.165, 1.54) is 18.5 Å². The van der Waals surface area contributed by atoms with E-state index >= 15 is 0 Å².